The van der Waals surface area contributed by atoms with Gasteiger partial charge in [-0.2, -0.15) is 0 Å². The van der Waals surface area contributed by atoms with Crippen LogP contribution in [0.5, 0.6) is 11.5 Å². The number of hydrogen-bond acceptors (Lipinski definition) is 9. The van der Waals surface area contributed by atoms with Gasteiger partial charge in [0.25, 0.3) is 0 Å². The molecule has 0 atom stereocenters. The van der Waals surface area contributed by atoms with Crippen molar-refractivity contribution in [2.24, 2.45) is 0 Å². The van der Waals surface area contributed by atoms with Gasteiger partial charge < -0.3 is 29.0 Å². The summed E-state index contributed by atoms with van der Waals surface area (Å²) in [6.45, 7) is 10.4. The van der Waals surface area contributed by atoms with Gasteiger partial charge in [-0.25, -0.2) is 4.57 Å². The van der Waals surface area contributed by atoms with Crippen molar-refractivity contribution in [1.82, 2.24) is 5.09 Å². The Hall–Kier alpha value is -1.46. The number of hydrogen-bond donors (Lipinski definition) is 2. The normalized spacial score (nSPS) is 16.7. The second kappa shape index (κ2) is 14.7. The summed E-state index contributed by atoms with van der Waals surface area (Å²) in [4.78, 5) is 0. The second-order valence-corrected chi connectivity index (χ2v) is 9.59. The van der Waals surface area contributed by atoms with E-state index >= 15 is 0 Å². The minimum absolute atomic E-state index is 0.0595. The van der Waals surface area contributed by atoms with Crippen molar-refractivity contribution >= 4 is 30.8 Å². The van der Waals surface area contributed by atoms with Gasteiger partial charge in [-0.1, -0.05) is 6.07 Å². The SMILES string of the molecule is CC(C)OP(=O)(NC(=S)Nc1cccc2c1OCCOCCOCCOCCO2)OC(C)C. The average molecular weight is 507 g/mol. The van der Waals surface area contributed by atoms with Crippen LogP contribution in [0.3, 0.4) is 0 Å². The first-order valence-electron chi connectivity index (χ1n) is 11.0. The molecule has 0 saturated heterocycles. The van der Waals surface area contributed by atoms with E-state index in [-0.39, 0.29) is 23.9 Å². The molecule has 2 rings (SSSR count). The fraction of sp³-hybridized carbons (Fsp3) is 0.667. The molecule has 0 aromatic heterocycles. The van der Waals surface area contributed by atoms with E-state index in [9.17, 15) is 4.57 Å². The van der Waals surface area contributed by atoms with Crippen LogP contribution in [0.4, 0.5) is 5.69 Å². The van der Waals surface area contributed by atoms with Gasteiger partial charge in [-0.05, 0) is 52.0 Å². The summed E-state index contributed by atoms with van der Waals surface area (Å²) in [6, 6.07) is 5.35. The van der Waals surface area contributed by atoms with Crippen molar-refractivity contribution in [2.45, 2.75) is 39.9 Å². The fourth-order valence-corrected chi connectivity index (χ4v) is 4.75. The first-order valence-corrected chi connectivity index (χ1v) is 12.9. The molecular formula is C21H35N2O8PS. The van der Waals surface area contributed by atoms with E-state index in [1.54, 1.807) is 45.9 Å². The highest BCUT2D eigenvalue weighted by Gasteiger charge is 2.29. The molecule has 0 aliphatic carbocycles. The van der Waals surface area contributed by atoms with Crippen LogP contribution in [0.15, 0.2) is 18.2 Å². The lowest BCUT2D eigenvalue weighted by atomic mass is 10.2. The van der Waals surface area contributed by atoms with E-state index in [2.05, 4.69) is 10.4 Å². The Morgan fingerprint density at radius 2 is 1.39 bits per heavy atom. The van der Waals surface area contributed by atoms with Crippen LogP contribution >= 0.6 is 20.0 Å². The Kier molecular flexibility index (Phi) is 12.4. The summed E-state index contributed by atoms with van der Waals surface area (Å²) in [5, 5.41) is 5.75. The molecule has 0 saturated carbocycles. The molecule has 1 aromatic rings. The van der Waals surface area contributed by atoms with Gasteiger partial charge in [0.2, 0.25) is 0 Å². The van der Waals surface area contributed by atoms with Gasteiger partial charge in [0.05, 0.1) is 57.5 Å². The maximum absolute atomic E-state index is 13.1. The zero-order chi connectivity index (χ0) is 24.1. The van der Waals surface area contributed by atoms with E-state index < -0.39 is 7.75 Å². The topological polar surface area (TPSA) is 106 Å². The van der Waals surface area contributed by atoms with Crippen LogP contribution in [0.1, 0.15) is 27.7 Å². The average Bonchev–Trinajstić information content (AvgIpc) is 2.71. The lowest BCUT2D eigenvalue weighted by Gasteiger charge is -2.24. The molecule has 1 aliphatic rings. The molecule has 0 spiro atoms. The van der Waals surface area contributed by atoms with Crippen LogP contribution in [0.2, 0.25) is 0 Å². The molecule has 10 nitrogen and oxygen atoms in total. The minimum atomic E-state index is -3.68. The molecule has 12 heteroatoms. The molecule has 0 unspecified atom stereocenters. The van der Waals surface area contributed by atoms with Crippen molar-refractivity contribution in [3.05, 3.63) is 18.2 Å². The second-order valence-electron chi connectivity index (χ2n) is 7.54. The Labute approximate surface area is 201 Å². The molecule has 1 aliphatic heterocycles. The Morgan fingerprint density at radius 3 is 1.94 bits per heavy atom. The smallest absolute Gasteiger partial charge is 0.434 e. The predicted octanol–water partition coefficient (Wildman–Crippen LogP) is 3.75. The summed E-state index contributed by atoms with van der Waals surface area (Å²) < 4.78 is 52.3. The number of benzene rings is 1. The highest BCUT2D eigenvalue weighted by Crippen LogP contribution is 2.46. The molecule has 2 N–H and O–H groups in total. The number of rotatable bonds is 6. The highest BCUT2D eigenvalue weighted by atomic mass is 32.1. The lowest BCUT2D eigenvalue weighted by molar-refractivity contribution is 0.00709. The third-order valence-electron chi connectivity index (χ3n) is 3.87. The Morgan fingerprint density at radius 1 is 0.879 bits per heavy atom. The molecule has 0 fully saturated rings. The molecule has 1 aromatic carbocycles. The van der Waals surface area contributed by atoms with Gasteiger partial charge in [0, 0.05) is 0 Å². The maximum Gasteiger partial charge on any atom is 0.434 e. The number of nitrogens with one attached hydrogen (secondary N) is 2. The molecule has 0 radical (unpaired) electrons. The van der Waals surface area contributed by atoms with Crippen LogP contribution in [0, 0.1) is 0 Å². The number of fused-ring (bicyclic) bond motifs is 1. The number of thiocarbonyl (C=S) groups is 1. The lowest BCUT2D eigenvalue weighted by Crippen LogP contribution is -2.29. The molecule has 188 valence electrons. The van der Waals surface area contributed by atoms with Crippen LogP contribution in [0.25, 0.3) is 0 Å². The van der Waals surface area contributed by atoms with Crippen molar-refractivity contribution in [3.63, 3.8) is 0 Å². The van der Waals surface area contributed by atoms with E-state index in [4.69, 9.17) is 44.9 Å². The van der Waals surface area contributed by atoms with E-state index in [0.717, 1.165) is 0 Å². The highest BCUT2D eigenvalue weighted by molar-refractivity contribution is 7.81. The first kappa shape index (κ1) is 27.8. The zero-order valence-electron chi connectivity index (χ0n) is 19.7. The van der Waals surface area contributed by atoms with E-state index in [0.29, 0.717) is 63.4 Å². The van der Waals surface area contributed by atoms with Gasteiger partial charge in [-0.15, -0.1) is 0 Å². The van der Waals surface area contributed by atoms with E-state index in [1.165, 1.54) is 0 Å². The van der Waals surface area contributed by atoms with Crippen molar-refractivity contribution in [2.75, 3.05) is 58.2 Å². The maximum atomic E-state index is 13.1. The standard InChI is InChI=1S/C21H35N2O8PS/c1-16(2)30-32(24,31-17(3)4)23-21(33)22-18-6-5-7-19-20(18)29-15-13-27-11-9-25-8-10-26-12-14-28-19/h5-7,16-17H,8-15H2,1-4H3,(H2,22,23,24,33). The largest absolute Gasteiger partial charge is 0.487 e. The molecule has 0 bridgehead atoms. The predicted molar refractivity (Wildman–Crippen MR) is 129 cm³/mol. The third-order valence-corrected chi connectivity index (χ3v) is 6.12. The van der Waals surface area contributed by atoms with Crippen LogP contribution < -0.4 is 19.9 Å². The van der Waals surface area contributed by atoms with Crippen LogP contribution in [-0.2, 0) is 27.8 Å². The zero-order valence-corrected chi connectivity index (χ0v) is 21.4. The number of anilines is 1. The van der Waals surface area contributed by atoms with Crippen molar-refractivity contribution < 1.29 is 37.3 Å². The Balaban J connectivity index is 2.13. The number of para-hydroxylation sites is 1. The van der Waals surface area contributed by atoms with Crippen molar-refractivity contribution in [1.29, 1.82) is 0 Å². The molecule has 0 amide bonds. The quantitative estimate of drug-likeness (QED) is 0.435. The van der Waals surface area contributed by atoms with Gasteiger partial charge >= 0.3 is 7.75 Å². The molecule has 1 heterocycles. The van der Waals surface area contributed by atoms with Gasteiger partial charge in [0.15, 0.2) is 16.6 Å². The van der Waals surface area contributed by atoms with Crippen molar-refractivity contribution in [3.8, 4) is 11.5 Å². The Bertz CT molecular complexity index is 767. The summed E-state index contributed by atoms with van der Waals surface area (Å²) in [5.41, 5.74) is 0.527. The monoisotopic (exact) mass is 506 g/mol. The summed E-state index contributed by atoms with van der Waals surface area (Å²) >= 11 is 5.38. The summed E-state index contributed by atoms with van der Waals surface area (Å²) in [7, 11) is -3.68. The summed E-state index contributed by atoms with van der Waals surface area (Å²) in [5.74, 6) is 0.957. The van der Waals surface area contributed by atoms with Gasteiger partial charge in [0.1, 0.15) is 13.2 Å². The van der Waals surface area contributed by atoms with E-state index in [1.807, 2.05) is 0 Å². The third kappa shape index (κ3) is 11.0. The summed E-state index contributed by atoms with van der Waals surface area (Å²) in [6.07, 6.45) is -0.659. The number of ether oxygens (including phenoxy) is 5. The van der Waals surface area contributed by atoms with Crippen LogP contribution in [-0.4, -0.2) is 70.2 Å². The minimum Gasteiger partial charge on any atom is -0.487 e. The van der Waals surface area contributed by atoms with Gasteiger partial charge in [-0.3, -0.25) is 14.1 Å². The first-order chi connectivity index (χ1) is 15.8. The molecular weight excluding hydrogens is 471 g/mol. The molecule has 33 heavy (non-hydrogen) atoms. The fourth-order valence-electron chi connectivity index (χ4n) is 2.74.